The lowest BCUT2D eigenvalue weighted by atomic mass is 10.3. The van der Waals surface area contributed by atoms with Gasteiger partial charge in [0, 0.05) is 11.5 Å². The highest BCUT2D eigenvalue weighted by Crippen LogP contribution is 2.17. The molecule has 21 heavy (non-hydrogen) atoms. The van der Waals surface area contributed by atoms with E-state index < -0.39 is 34.5 Å². The Morgan fingerprint density at radius 1 is 1.33 bits per heavy atom. The van der Waals surface area contributed by atoms with Crippen molar-refractivity contribution in [3.05, 3.63) is 28.7 Å². The van der Waals surface area contributed by atoms with E-state index >= 15 is 0 Å². The van der Waals surface area contributed by atoms with Gasteiger partial charge >= 0.3 is 5.97 Å². The second-order valence-electron chi connectivity index (χ2n) is 4.34. The van der Waals surface area contributed by atoms with Gasteiger partial charge in [-0.1, -0.05) is 15.9 Å². The third-order valence-corrected chi connectivity index (χ3v) is 4.98. The van der Waals surface area contributed by atoms with Crippen LogP contribution in [0.5, 0.6) is 0 Å². The molecule has 0 aliphatic heterocycles. The lowest BCUT2D eigenvalue weighted by molar-refractivity contribution is -0.141. The zero-order chi connectivity index (χ0) is 16.2. The number of carboxylic acids is 1. The molecule has 1 atom stereocenters. The van der Waals surface area contributed by atoms with E-state index in [-0.39, 0.29) is 4.90 Å². The maximum absolute atomic E-state index is 12.2. The molecule has 9 heteroatoms. The fourth-order valence-electron chi connectivity index (χ4n) is 1.42. The van der Waals surface area contributed by atoms with Gasteiger partial charge in [0.15, 0.2) is 0 Å². The number of nitrogens with one attached hydrogen (secondary N) is 1. The molecule has 0 aliphatic carbocycles. The van der Waals surface area contributed by atoms with Gasteiger partial charge in [-0.2, -0.15) is 4.31 Å². The zero-order valence-electron chi connectivity index (χ0n) is 11.4. The summed E-state index contributed by atoms with van der Waals surface area (Å²) in [6.07, 6.45) is 0. The molecule has 0 bridgehead atoms. The molecule has 116 valence electrons. The number of benzene rings is 1. The highest BCUT2D eigenvalue weighted by atomic mass is 79.9. The van der Waals surface area contributed by atoms with Crippen molar-refractivity contribution >= 4 is 37.8 Å². The number of aliphatic carboxylic acids is 1. The molecule has 1 rings (SSSR count). The fraction of sp³-hybridized carbons (Fsp3) is 0.333. The van der Waals surface area contributed by atoms with Crippen LogP contribution in [0, 0.1) is 0 Å². The summed E-state index contributed by atoms with van der Waals surface area (Å²) >= 11 is 3.20. The molecule has 0 radical (unpaired) electrons. The predicted molar refractivity (Wildman–Crippen MR) is 79.2 cm³/mol. The van der Waals surface area contributed by atoms with E-state index in [4.69, 9.17) is 5.11 Å². The first-order valence-electron chi connectivity index (χ1n) is 5.88. The number of hydrogen-bond acceptors (Lipinski definition) is 4. The number of hydrogen-bond donors (Lipinski definition) is 2. The molecule has 1 amide bonds. The van der Waals surface area contributed by atoms with E-state index in [1.54, 1.807) is 12.1 Å². The molecule has 0 spiro atoms. The van der Waals surface area contributed by atoms with Crippen LogP contribution in [0.25, 0.3) is 0 Å². The van der Waals surface area contributed by atoms with Crippen LogP contribution in [0.15, 0.2) is 33.6 Å². The van der Waals surface area contributed by atoms with Crippen molar-refractivity contribution < 1.29 is 23.1 Å². The quantitative estimate of drug-likeness (QED) is 0.756. The molecule has 1 unspecified atom stereocenters. The number of amides is 1. The van der Waals surface area contributed by atoms with Gasteiger partial charge in [0.2, 0.25) is 15.9 Å². The van der Waals surface area contributed by atoms with E-state index in [0.29, 0.717) is 0 Å². The molecule has 0 saturated heterocycles. The highest BCUT2D eigenvalue weighted by Gasteiger charge is 2.24. The lowest BCUT2D eigenvalue weighted by Crippen LogP contribution is -2.44. The van der Waals surface area contributed by atoms with E-state index in [0.717, 1.165) is 8.78 Å². The fourth-order valence-corrected chi connectivity index (χ4v) is 2.81. The summed E-state index contributed by atoms with van der Waals surface area (Å²) in [5.74, 6) is -1.88. The number of carboxylic acid groups (broad SMARTS) is 1. The lowest BCUT2D eigenvalue weighted by Gasteiger charge is -2.18. The predicted octanol–water partition coefficient (Wildman–Crippen LogP) is 0.659. The van der Waals surface area contributed by atoms with E-state index in [2.05, 4.69) is 21.2 Å². The zero-order valence-corrected chi connectivity index (χ0v) is 13.8. The van der Waals surface area contributed by atoms with E-state index in [1.165, 1.54) is 26.1 Å². The minimum absolute atomic E-state index is 0.0484. The summed E-state index contributed by atoms with van der Waals surface area (Å²) in [6.45, 7) is 0.833. The Balaban J connectivity index is 2.78. The SMILES string of the molecule is CC(NC(=O)CN(C)S(=O)(=O)c1ccc(Br)cc1)C(=O)O. The van der Waals surface area contributed by atoms with Gasteiger partial charge in [0.25, 0.3) is 0 Å². The molecule has 0 aromatic heterocycles. The third kappa shape index (κ3) is 4.80. The molecule has 7 nitrogen and oxygen atoms in total. The topological polar surface area (TPSA) is 104 Å². The van der Waals surface area contributed by atoms with Gasteiger partial charge in [-0.25, -0.2) is 8.42 Å². The van der Waals surface area contributed by atoms with Gasteiger partial charge in [0.05, 0.1) is 11.4 Å². The first kappa shape index (κ1) is 17.6. The van der Waals surface area contributed by atoms with Crippen molar-refractivity contribution in [3.8, 4) is 0 Å². The molecule has 0 fully saturated rings. The van der Waals surface area contributed by atoms with Crippen LogP contribution < -0.4 is 5.32 Å². The van der Waals surface area contributed by atoms with Crippen molar-refractivity contribution in [2.45, 2.75) is 17.9 Å². The second-order valence-corrected chi connectivity index (χ2v) is 7.30. The Labute approximate surface area is 131 Å². The van der Waals surface area contributed by atoms with Gasteiger partial charge in [-0.05, 0) is 31.2 Å². The molecule has 1 aromatic rings. The van der Waals surface area contributed by atoms with E-state index in [1.807, 2.05) is 0 Å². The van der Waals surface area contributed by atoms with E-state index in [9.17, 15) is 18.0 Å². The van der Waals surface area contributed by atoms with Crippen LogP contribution >= 0.6 is 15.9 Å². The molecular formula is C12H15BrN2O5S. The summed E-state index contributed by atoms with van der Waals surface area (Å²) in [7, 11) is -2.55. The molecule has 0 heterocycles. The number of nitrogens with zero attached hydrogens (tertiary/aromatic N) is 1. The van der Waals surface area contributed by atoms with Crippen molar-refractivity contribution in [2.24, 2.45) is 0 Å². The number of likely N-dealkylation sites (N-methyl/N-ethyl adjacent to an activating group) is 1. The summed E-state index contributed by atoms with van der Waals surface area (Å²) in [4.78, 5) is 22.3. The first-order chi connectivity index (χ1) is 9.64. The smallest absolute Gasteiger partial charge is 0.325 e. The van der Waals surface area contributed by atoms with Crippen LogP contribution in [0.1, 0.15) is 6.92 Å². The van der Waals surface area contributed by atoms with Crippen molar-refractivity contribution in [1.82, 2.24) is 9.62 Å². The van der Waals surface area contributed by atoms with Gasteiger partial charge in [-0.3, -0.25) is 9.59 Å². The number of carbonyl (C=O) groups excluding carboxylic acids is 1. The monoisotopic (exact) mass is 378 g/mol. The minimum Gasteiger partial charge on any atom is -0.480 e. The Bertz CT molecular complexity index is 630. The Morgan fingerprint density at radius 3 is 2.33 bits per heavy atom. The van der Waals surface area contributed by atoms with Crippen LogP contribution in [-0.2, 0) is 19.6 Å². The Kier molecular flexibility index (Phi) is 5.87. The average Bonchev–Trinajstić information content (AvgIpc) is 2.38. The minimum atomic E-state index is -3.80. The summed E-state index contributed by atoms with van der Waals surface area (Å²) in [6, 6.07) is 4.89. The highest BCUT2D eigenvalue weighted by molar-refractivity contribution is 9.10. The van der Waals surface area contributed by atoms with Crippen LogP contribution in [0.3, 0.4) is 0 Å². The maximum atomic E-state index is 12.2. The molecule has 0 saturated carbocycles. The summed E-state index contributed by atoms with van der Waals surface area (Å²) in [5, 5.41) is 10.9. The Morgan fingerprint density at radius 2 is 1.86 bits per heavy atom. The van der Waals surface area contributed by atoms with Gasteiger partial charge in [-0.15, -0.1) is 0 Å². The van der Waals surface area contributed by atoms with Crippen LogP contribution in [-0.4, -0.2) is 49.3 Å². The third-order valence-electron chi connectivity index (χ3n) is 2.64. The molecule has 1 aromatic carbocycles. The second kappa shape index (κ2) is 7.01. The number of rotatable bonds is 6. The van der Waals surface area contributed by atoms with Crippen molar-refractivity contribution in [2.75, 3.05) is 13.6 Å². The van der Waals surface area contributed by atoms with Crippen LogP contribution in [0.2, 0.25) is 0 Å². The number of carbonyl (C=O) groups is 2. The maximum Gasteiger partial charge on any atom is 0.325 e. The number of halogens is 1. The largest absolute Gasteiger partial charge is 0.480 e. The average molecular weight is 379 g/mol. The van der Waals surface area contributed by atoms with Crippen molar-refractivity contribution in [3.63, 3.8) is 0 Å². The Hall–Kier alpha value is -1.45. The molecular weight excluding hydrogens is 364 g/mol. The summed E-state index contributed by atoms with van der Waals surface area (Å²) < 4.78 is 26.0. The van der Waals surface area contributed by atoms with Gasteiger partial charge in [0.1, 0.15) is 6.04 Å². The van der Waals surface area contributed by atoms with Gasteiger partial charge < -0.3 is 10.4 Å². The standard InChI is InChI=1S/C12H15BrN2O5S/c1-8(12(17)18)14-11(16)7-15(2)21(19,20)10-5-3-9(13)4-6-10/h3-6,8H,7H2,1-2H3,(H,14,16)(H,17,18). The number of sulfonamides is 1. The van der Waals surface area contributed by atoms with Crippen LogP contribution in [0.4, 0.5) is 0 Å². The van der Waals surface area contributed by atoms with Crippen molar-refractivity contribution in [1.29, 1.82) is 0 Å². The summed E-state index contributed by atoms with van der Waals surface area (Å²) in [5.41, 5.74) is 0. The first-order valence-corrected chi connectivity index (χ1v) is 8.12. The normalized spacial score (nSPS) is 13.0. The molecule has 0 aliphatic rings. The molecule has 2 N–H and O–H groups in total.